The van der Waals surface area contributed by atoms with Crippen LogP contribution in [0.4, 0.5) is 4.39 Å². The van der Waals surface area contributed by atoms with Crippen LogP contribution in [0.5, 0.6) is 0 Å². The molecular formula is C18H22FN3O3. The van der Waals surface area contributed by atoms with Gasteiger partial charge in [-0.05, 0) is 30.5 Å². The normalized spacial score (nSPS) is 18.8. The third-order valence-corrected chi connectivity index (χ3v) is 4.74. The molecule has 6 nitrogen and oxygen atoms in total. The summed E-state index contributed by atoms with van der Waals surface area (Å²) in [5, 5.41) is 2.92. The number of carbonyl (C=O) groups excluding carboxylic acids is 3. The first-order valence-corrected chi connectivity index (χ1v) is 8.65. The van der Waals surface area contributed by atoms with Crippen molar-refractivity contribution < 1.29 is 18.8 Å². The molecule has 0 spiro atoms. The van der Waals surface area contributed by atoms with Gasteiger partial charge in [-0.15, -0.1) is 0 Å². The highest BCUT2D eigenvalue weighted by Gasteiger charge is 2.33. The third-order valence-electron chi connectivity index (χ3n) is 4.74. The van der Waals surface area contributed by atoms with Crippen LogP contribution in [-0.2, 0) is 20.9 Å². The highest BCUT2D eigenvalue weighted by atomic mass is 19.1. The zero-order valence-electron chi connectivity index (χ0n) is 14.0. The van der Waals surface area contributed by atoms with Crippen LogP contribution in [0.25, 0.3) is 0 Å². The largest absolute Gasteiger partial charge is 0.352 e. The van der Waals surface area contributed by atoms with Crippen molar-refractivity contribution in [2.24, 2.45) is 0 Å². The lowest BCUT2D eigenvalue weighted by Crippen LogP contribution is -2.56. The van der Waals surface area contributed by atoms with Crippen LogP contribution in [0.3, 0.4) is 0 Å². The molecule has 134 valence electrons. The van der Waals surface area contributed by atoms with Gasteiger partial charge in [0.1, 0.15) is 12.4 Å². The molecule has 1 aromatic rings. The van der Waals surface area contributed by atoms with Crippen molar-refractivity contribution in [3.8, 4) is 0 Å². The van der Waals surface area contributed by atoms with Gasteiger partial charge in [0, 0.05) is 25.7 Å². The Kier molecular flexibility index (Phi) is 5.31. The van der Waals surface area contributed by atoms with Crippen molar-refractivity contribution >= 4 is 17.7 Å². The van der Waals surface area contributed by atoms with E-state index < -0.39 is 11.8 Å². The number of hydrogen-bond acceptors (Lipinski definition) is 3. The molecule has 1 aliphatic carbocycles. The average Bonchev–Trinajstić information content (AvgIpc) is 3.09. The van der Waals surface area contributed by atoms with Gasteiger partial charge in [0.25, 0.3) is 0 Å². The number of nitrogens with zero attached hydrogens (tertiary/aromatic N) is 2. The Labute approximate surface area is 146 Å². The van der Waals surface area contributed by atoms with Crippen molar-refractivity contribution in [2.45, 2.75) is 38.3 Å². The number of carbonyl (C=O) groups is 3. The highest BCUT2D eigenvalue weighted by Crippen LogP contribution is 2.17. The molecule has 1 aromatic carbocycles. The second-order valence-corrected chi connectivity index (χ2v) is 6.63. The molecule has 0 unspecified atom stereocenters. The van der Waals surface area contributed by atoms with Gasteiger partial charge in [0.15, 0.2) is 0 Å². The minimum absolute atomic E-state index is 0.0779. The van der Waals surface area contributed by atoms with Crippen molar-refractivity contribution in [1.29, 1.82) is 0 Å². The van der Waals surface area contributed by atoms with Gasteiger partial charge in [0.05, 0.1) is 0 Å². The molecule has 1 saturated carbocycles. The predicted octanol–water partition coefficient (Wildman–Crippen LogP) is 1.06. The van der Waals surface area contributed by atoms with Gasteiger partial charge in [-0.3, -0.25) is 14.4 Å². The SMILES string of the molecule is O=C(CN1CCN(Cc2ccc(F)cc2)C(=O)C1=O)NC1CCCC1. The first kappa shape index (κ1) is 17.4. The molecule has 0 atom stereocenters. The van der Waals surface area contributed by atoms with Crippen molar-refractivity contribution in [3.05, 3.63) is 35.6 Å². The zero-order chi connectivity index (χ0) is 17.8. The topological polar surface area (TPSA) is 69.7 Å². The molecule has 1 N–H and O–H groups in total. The lowest BCUT2D eigenvalue weighted by Gasteiger charge is -2.33. The van der Waals surface area contributed by atoms with E-state index in [1.54, 1.807) is 12.1 Å². The Hall–Kier alpha value is -2.44. The predicted molar refractivity (Wildman–Crippen MR) is 88.8 cm³/mol. The van der Waals surface area contributed by atoms with E-state index in [0.717, 1.165) is 31.2 Å². The van der Waals surface area contributed by atoms with Gasteiger partial charge in [-0.1, -0.05) is 25.0 Å². The van der Waals surface area contributed by atoms with Crippen LogP contribution in [0.2, 0.25) is 0 Å². The van der Waals surface area contributed by atoms with Crippen LogP contribution in [0.1, 0.15) is 31.2 Å². The maximum absolute atomic E-state index is 12.9. The molecule has 25 heavy (non-hydrogen) atoms. The first-order valence-electron chi connectivity index (χ1n) is 8.65. The maximum atomic E-state index is 12.9. The Morgan fingerprint density at radius 2 is 1.64 bits per heavy atom. The first-order chi connectivity index (χ1) is 12.0. The number of amides is 3. The van der Waals surface area contributed by atoms with Gasteiger partial charge in [-0.2, -0.15) is 0 Å². The molecule has 2 fully saturated rings. The molecule has 0 radical (unpaired) electrons. The molecule has 0 bridgehead atoms. The molecule has 7 heteroatoms. The third kappa shape index (κ3) is 4.35. The van der Waals surface area contributed by atoms with Gasteiger partial charge >= 0.3 is 11.8 Å². The minimum Gasteiger partial charge on any atom is -0.352 e. The van der Waals surface area contributed by atoms with E-state index in [1.807, 2.05) is 0 Å². The summed E-state index contributed by atoms with van der Waals surface area (Å²) in [7, 11) is 0. The Balaban J connectivity index is 1.52. The van der Waals surface area contributed by atoms with E-state index in [2.05, 4.69) is 5.32 Å². The van der Waals surface area contributed by atoms with E-state index in [-0.39, 0.29) is 30.9 Å². The quantitative estimate of drug-likeness (QED) is 0.810. The summed E-state index contributed by atoms with van der Waals surface area (Å²) < 4.78 is 12.9. The summed E-state index contributed by atoms with van der Waals surface area (Å²) in [6, 6.07) is 6.03. The number of nitrogens with one attached hydrogen (secondary N) is 1. The molecular weight excluding hydrogens is 325 g/mol. The van der Waals surface area contributed by atoms with E-state index in [0.29, 0.717) is 13.1 Å². The van der Waals surface area contributed by atoms with Crippen molar-refractivity contribution in [2.75, 3.05) is 19.6 Å². The summed E-state index contributed by atoms with van der Waals surface area (Å²) >= 11 is 0. The number of halogens is 1. The van der Waals surface area contributed by atoms with Gasteiger partial charge in [0.2, 0.25) is 5.91 Å². The van der Waals surface area contributed by atoms with Crippen molar-refractivity contribution in [1.82, 2.24) is 15.1 Å². The molecule has 0 aromatic heterocycles. The van der Waals surface area contributed by atoms with Crippen LogP contribution in [0.15, 0.2) is 24.3 Å². The molecule has 1 saturated heterocycles. The van der Waals surface area contributed by atoms with E-state index in [4.69, 9.17) is 0 Å². The monoisotopic (exact) mass is 347 g/mol. The Morgan fingerprint density at radius 3 is 2.32 bits per heavy atom. The average molecular weight is 347 g/mol. The van der Waals surface area contributed by atoms with Gasteiger partial charge < -0.3 is 15.1 Å². The number of hydrogen-bond donors (Lipinski definition) is 1. The van der Waals surface area contributed by atoms with Gasteiger partial charge in [-0.25, -0.2) is 4.39 Å². The minimum atomic E-state index is -0.657. The Morgan fingerprint density at radius 1 is 1.04 bits per heavy atom. The summed E-state index contributed by atoms with van der Waals surface area (Å²) in [6.07, 6.45) is 4.18. The van der Waals surface area contributed by atoms with Crippen LogP contribution in [0, 0.1) is 5.82 Å². The molecule has 3 rings (SSSR count). The highest BCUT2D eigenvalue weighted by molar-refractivity contribution is 6.35. The van der Waals surface area contributed by atoms with Crippen molar-refractivity contribution in [3.63, 3.8) is 0 Å². The Bertz CT molecular complexity index is 656. The second-order valence-electron chi connectivity index (χ2n) is 6.63. The summed E-state index contributed by atoms with van der Waals surface area (Å²) in [5.74, 6) is -1.83. The summed E-state index contributed by atoms with van der Waals surface area (Å²) in [4.78, 5) is 39.3. The summed E-state index contributed by atoms with van der Waals surface area (Å²) in [6.45, 7) is 0.862. The molecule has 3 amide bonds. The second kappa shape index (κ2) is 7.63. The standard InChI is InChI=1S/C18H22FN3O3/c19-14-7-5-13(6-8-14)11-21-9-10-22(18(25)17(21)24)12-16(23)20-15-3-1-2-4-15/h5-8,15H,1-4,9-12H2,(H,20,23). The molecule has 1 aliphatic heterocycles. The van der Waals surface area contributed by atoms with Crippen LogP contribution >= 0.6 is 0 Å². The fourth-order valence-electron chi connectivity index (χ4n) is 3.34. The number of piperazine rings is 1. The number of benzene rings is 1. The molecule has 2 aliphatic rings. The molecule has 1 heterocycles. The lowest BCUT2D eigenvalue weighted by molar-refractivity contribution is -0.157. The van der Waals surface area contributed by atoms with E-state index in [1.165, 1.54) is 21.9 Å². The summed E-state index contributed by atoms with van der Waals surface area (Å²) in [5.41, 5.74) is 0.759. The fraction of sp³-hybridized carbons (Fsp3) is 0.500. The van der Waals surface area contributed by atoms with Crippen LogP contribution < -0.4 is 5.32 Å². The fourth-order valence-corrected chi connectivity index (χ4v) is 3.34. The number of rotatable bonds is 5. The smallest absolute Gasteiger partial charge is 0.312 e. The van der Waals surface area contributed by atoms with Crippen LogP contribution in [-0.4, -0.2) is 53.2 Å². The lowest BCUT2D eigenvalue weighted by atomic mass is 10.2. The maximum Gasteiger partial charge on any atom is 0.312 e. The van der Waals surface area contributed by atoms with E-state index >= 15 is 0 Å². The van der Waals surface area contributed by atoms with E-state index in [9.17, 15) is 18.8 Å². The zero-order valence-corrected chi connectivity index (χ0v) is 14.0.